The molecule has 0 saturated carbocycles. The first kappa shape index (κ1) is 12.7. The van der Waals surface area contributed by atoms with Gasteiger partial charge in [0.05, 0.1) is 6.61 Å². The minimum atomic E-state index is 0.492. The number of benzene rings is 1. The second kappa shape index (κ2) is 6.86. The lowest BCUT2D eigenvalue weighted by Gasteiger charge is -2.05. The molecule has 0 radical (unpaired) electrons. The van der Waals surface area contributed by atoms with E-state index < -0.39 is 0 Å². The van der Waals surface area contributed by atoms with Crippen LogP contribution in [0.1, 0.15) is 6.42 Å². The van der Waals surface area contributed by atoms with Gasteiger partial charge >= 0.3 is 0 Å². The molecule has 0 atom stereocenters. The fourth-order valence-corrected chi connectivity index (χ4v) is 2.17. The molecule has 2 aromatic rings. The van der Waals surface area contributed by atoms with Crippen molar-refractivity contribution in [2.75, 3.05) is 18.1 Å². The van der Waals surface area contributed by atoms with Gasteiger partial charge in [0.1, 0.15) is 10.8 Å². The van der Waals surface area contributed by atoms with Gasteiger partial charge in [0.25, 0.3) is 0 Å². The zero-order chi connectivity index (χ0) is 12.6. The minimum absolute atomic E-state index is 0.492. The number of ether oxygens (including phenoxy) is 1. The van der Waals surface area contributed by atoms with Crippen LogP contribution >= 0.6 is 11.8 Å². The predicted octanol–water partition coefficient (Wildman–Crippen LogP) is 2.62. The van der Waals surface area contributed by atoms with Crippen LogP contribution in [0.4, 0.5) is 5.82 Å². The molecule has 0 unspecified atom stereocenters. The fourth-order valence-electron chi connectivity index (χ4n) is 1.38. The highest BCUT2D eigenvalue weighted by Gasteiger charge is 2.01. The maximum atomic E-state index is 5.70. The SMILES string of the molecule is Nc1nccnc1SCCCOc1ccccc1. The molecule has 0 saturated heterocycles. The zero-order valence-electron chi connectivity index (χ0n) is 9.95. The summed E-state index contributed by atoms with van der Waals surface area (Å²) in [5, 5.41) is 0.789. The van der Waals surface area contributed by atoms with Gasteiger partial charge < -0.3 is 10.5 Å². The number of thioether (sulfide) groups is 1. The van der Waals surface area contributed by atoms with Gasteiger partial charge in [-0.05, 0) is 18.6 Å². The van der Waals surface area contributed by atoms with Gasteiger partial charge in [-0.25, -0.2) is 9.97 Å². The van der Waals surface area contributed by atoms with E-state index in [2.05, 4.69) is 9.97 Å². The summed E-state index contributed by atoms with van der Waals surface area (Å²) in [5.41, 5.74) is 5.70. The van der Waals surface area contributed by atoms with E-state index in [9.17, 15) is 0 Å². The van der Waals surface area contributed by atoms with E-state index in [0.717, 1.165) is 22.9 Å². The van der Waals surface area contributed by atoms with E-state index in [0.29, 0.717) is 12.4 Å². The van der Waals surface area contributed by atoms with E-state index in [1.54, 1.807) is 24.2 Å². The molecule has 0 bridgehead atoms. The summed E-state index contributed by atoms with van der Waals surface area (Å²) < 4.78 is 5.59. The number of aromatic nitrogens is 2. The number of nitrogen functional groups attached to an aromatic ring is 1. The molecule has 1 heterocycles. The van der Waals surface area contributed by atoms with Crippen molar-refractivity contribution < 1.29 is 4.74 Å². The maximum absolute atomic E-state index is 5.70. The summed E-state index contributed by atoms with van der Waals surface area (Å²) in [4.78, 5) is 8.16. The Morgan fingerprint density at radius 1 is 1.11 bits per heavy atom. The smallest absolute Gasteiger partial charge is 0.156 e. The Morgan fingerprint density at radius 3 is 2.67 bits per heavy atom. The Kier molecular flexibility index (Phi) is 4.84. The lowest BCUT2D eigenvalue weighted by Crippen LogP contribution is -2.00. The molecule has 2 rings (SSSR count). The number of rotatable bonds is 6. The van der Waals surface area contributed by atoms with E-state index >= 15 is 0 Å². The molecule has 18 heavy (non-hydrogen) atoms. The van der Waals surface area contributed by atoms with Crippen LogP contribution < -0.4 is 10.5 Å². The van der Waals surface area contributed by atoms with Crippen molar-refractivity contribution in [3.05, 3.63) is 42.7 Å². The summed E-state index contributed by atoms with van der Waals surface area (Å²) >= 11 is 1.60. The third kappa shape index (κ3) is 3.92. The Balaban J connectivity index is 1.66. The van der Waals surface area contributed by atoms with Gasteiger partial charge in [0.15, 0.2) is 5.82 Å². The minimum Gasteiger partial charge on any atom is -0.494 e. The Morgan fingerprint density at radius 2 is 1.89 bits per heavy atom. The Labute approximate surface area is 111 Å². The van der Waals surface area contributed by atoms with Crippen LogP contribution in [0.15, 0.2) is 47.8 Å². The van der Waals surface area contributed by atoms with Crippen molar-refractivity contribution in [1.29, 1.82) is 0 Å². The van der Waals surface area contributed by atoms with Gasteiger partial charge in [-0.1, -0.05) is 18.2 Å². The van der Waals surface area contributed by atoms with Crippen molar-refractivity contribution >= 4 is 17.6 Å². The van der Waals surface area contributed by atoms with Crippen LogP contribution in [-0.2, 0) is 0 Å². The molecule has 0 aliphatic heterocycles. The highest BCUT2D eigenvalue weighted by atomic mass is 32.2. The van der Waals surface area contributed by atoms with Crippen molar-refractivity contribution in [2.24, 2.45) is 0 Å². The van der Waals surface area contributed by atoms with Crippen molar-refractivity contribution in [1.82, 2.24) is 9.97 Å². The molecule has 0 aliphatic carbocycles. The molecule has 94 valence electrons. The number of hydrogen-bond acceptors (Lipinski definition) is 5. The largest absolute Gasteiger partial charge is 0.494 e. The third-order valence-electron chi connectivity index (χ3n) is 2.23. The molecule has 0 fully saturated rings. The lowest BCUT2D eigenvalue weighted by atomic mass is 10.3. The second-order valence-electron chi connectivity index (χ2n) is 3.61. The molecule has 0 spiro atoms. The number of nitrogens with zero attached hydrogens (tertiary/aromatic N) is 2. The molecule has 0 aliphatic rings. The molecule has 1 aromatic heterocycles. The number of anilines is 1. The third-order valence-corrected chi connectivity index (χ3v) is 3.31. The summed E-state index contributed by atoms with van der Waals surface area (Å²) in [7, 11) is 0. The van der Waals surface area contributed by atoms with Crippen molar-refractivity contribution in [3.63, 3.8) is 0 Å². The van der Waals surface area contributed by atoms with Crippen LogP contribution in [0.2, 0.25) is 0 Å². The molecule has 0 amide bonds. The molecule has 1 aromatic carbocycles. The first-order chi connectivity index (χ1) is 8.86. The van der Waals surface area contributed by atoms with Gasteiger partial charge in [0, 0.05) is 18.1 Å². The van der Waals surface area contributed by atoms with Crippen LogP contribution in [0, 0.1) is 0 Å². The Bertz CT molecular complexity index is 479. The van der Waals surface area contributed by atoms with Gasteiger partial charge in [-0.15, -0.1) is 11.8 Å². The normalized spacial score (nSPS) is 10.2. The molecular formula is C13H15N3OS. The lowest BCUT2D eigenvalue weighted by molar-refractivity contribution is 0.318. The van der Waals surface area contributed by atoms with Crippen LogP contribution in [-0.4, -0.2) is 22.3 Å². The summed E-state index contributed by atoms with van der Waals surface area (Å²) in [6, 6.07) is 9.80. The summed E-state index contributed by atoms with van der Waals surface area (Å²) in [6.07, 6.45) is 4.19. The van der Waals surface area contributed by atoms with Gasteiger partial charge in [-0.3, -0.25) is 0 Å². The number of nitrogens with two attached hydrogens (primary N) is 1. The monoisotopic (exact) mass is 261 g/mol. The van der Waals surface area contributed by atoms with Gasteiger partial charge in [-0.2, -0.15) is 0 Å². The standard InChI is InChI=1S/C13H15N3OS/c14-12-13(16-8-7-15-12)18-10-4-9-17-11-5-2-1-3-6-11/h1-3,5-8H,4,9-10H2,(H2,14,15). The quantitative estimate of drug-likeness (QED) is 0.640. The first-order valence-corrected chi connectivity index (χ1v) is 6.72. The first-order valence-electron chi connectivity index (χ1n) is 5.73. The van der Waals surface area contributed by atoms with E-state index in [4.69, 9.17) is 10.5 Å². The maximum Gasteiger partial charge on any atom is 0.156 e. The van der Waals surface area contributed by atoms with Crippen molar-refractivity contribution in [3.8, 4) is 5.75 Å². The van der Waals surface area contributed by atoms with Crippen LogP contribution in [0.25, 0.3) is 0 Å². The molecular weight excluding hydrogens is 246 g/mol. The molecule has 5 heteroatoms. The Hall–Kier alpha value is -1.75. The predicted molar refractivity (Wildman–Crippen MR) is 73.7 cm³/mol. The van der Waals surface area contributed by atoms with Gasteiger partial charge in [0.2, 0.25) is 0 Å². The van der Waals surface area contributed by atoms with E-state index in [1.807, 2.05) is 30.3 Å². The molecule has 2 N–H and O–H groups in total. The second-order valence-corrected chi connectivity index (χ2v) is 4.69. The highest BCUT2D eigenvalue weighted by molar-refractivity contribution is 7.99. The zero-order valence-corrected chi connectivity index (χ0v) is 10.8. The summed E-state index contributed by atoms with van der Waals surface area (Å²) in [6.45, 7) is 0.692. The highest BCUT2D eigenvalue weighted by Crippen LogP contribution is 2.20. The average molecular weight is 261 g/mol. The topological polar surface area (TPSA) is 61.0 Å². The van der Waals surface area contributed by atoms with E-state index in [1.165, 1.54) is 0 Å². The average Bonchev–Trinajstić information content (AvgIpc) is 2.42. The van der Waals surface area contributed by atoms with Crippen LogP contribution in [0.5, 0.6) is 5.75 Å². The van der Waals surface area contributed by atoms with Crippen LogP contribution in [0.3, 0.4) is 0 Å². The van der Waals surface area contributed by atoms with Crippen molar-refractivity contribution in [2.45, 2.75) is 11.4 Å². The fraction of sp³-hybridized carbons (Fsp3) is 0.231. The van der Waals surface area contributed by atoms with E-state index in [-0.39, 0.29) is 0 Å². The number of para-hydroxylation sites is 1. The number of hydrogen-bond donors (Lipinski definition) is 1. The summed E-state index contributed by atoms with van der Waals surface area (Å²) in [5.74, 6) is 2.31. The molecule has 4 nitrogen and oxygen atoms in total.